The molecule has 0 aromatic heterocycles. The summed E-state index contributed by atoms with van der Waals surface area (Å²) in [7, 11) is 0. The lowest BCUT2D eigenvalue weighted by atomic mass is 9.84. The van der Waals surface area contributed by atoms with Crippen molar-refractivity contribution >= 4 is 6.09 Å². The summed E-state index contributed by atoms with van der Waals surface area (Å²) >= 11 is 0. The first-order chi connectivity index (χ1) is 9.25. The molecule has 0 spiro atoms. The molecule has 1 fully saturated rings. The molecule has 1 aliphatic rings. The molecule has 4 nitrogen and oxygen atoms in total. The Morgan fingerprint density at radius 3 is 2.25 bits per heavy atom. The number of epoxide rings is 1. The highest BCUT2D eigenvalue weighted by atomic mass is 16.6. The average Bonchev–Trinajstić information content (AvgIpc) is 3.11. The van der Waals surface area contributed by atoms with Gasteiger partial charge >= 0.3 is 6.09 Å². The largest absolute Gasteiger partial charge is 0.465 e. The highest BCUT2D eigenvalue weighted by Gasteiger charge is 2.52. The normalized spacial score (nSPS) is 21.1. The highest BCUT2D eigenvalue weighted by molar-refractivity contribution is 5.67. The van der Waals surface area contributed by atoms with E-state index in [9.17, 15) is 9.90 Å². The fourth-order valence-corrected chi connectivity index (χ4v) is 3.02. The third-order valence-electron chi connectivity index (χ3n) is 3.80. The van der Waals surface area contributed by atoms with E-state index in [1.165, 1.54) is 0 Å². The van der Waals surface area contributed by atoms with Gasteiger partial charge in [0.2, 0.25) is 0 Å². The third kappa shape index (κ3) is 2.96. The Kier molecular flexibility index (Phi) is 3.78. The van der Waals surface area contributed by atoms with Gasteiger partial charge in [-0.3, -0.25) is 4.90 Å². The minimum Gasteiger partial charge on any atom is -0.465 e. The molecule has 1 aliphatic heterocycles. The fraction of sp³-hybridized carbons (Fsp3) is 0.562. The standard InChI is InChI=1S/C16H23NO3/c1-15(2,3)17(14(18)19)16(4,13-11-20-13)10-12-8-6-5-7-9-12/h5-9,13H,10-11H2,1-4H3,(H,18,19)/t13-,16?/m0/s1. The monoisotopic (exact) mass is 277 g/mol. The first-order valence-corrected chi connectivity index (χ1v) is 6.94. The first-order valence-electron chi connectivity index (χ1n) is 6.94. The molecule has 2 rings (SSSR count). The van der Waals surface area contributed by atoms with Crippen molar-refractivity contribution in [2.75, 3.05) is 6.61 Å². The number of rotatable bonds is 4. The Morgan fingerprint density at radius 2 is 1.85 bits per heavy atom. The molecule has 1 unspecified atom stereocenters. The second-order valence-electron chi connectivity index (χ2n) is 6.63. The van der Waals surface area contributed by atoms with Gasteiger partial charge in [0.15, 0.2) is 0 Å². The van der Waals surface area contributed by atoms with Gasteiger partial charge in [-0.15, -0.1) is 0 Å². The molecule has 1 aromatic rings. The second kappa shape index (κ2) is 5.09. The van der Waals surface area contributed by atoms with Crippen LogP contribution in [0, 0.1) is 0 Å². The minimum absolute atomic E-state index is 0.0296. The third-order valence-corrected chi connectivity index (χ3v) is 3.80. The van der Waals surface area contributed by atoms with Crippen molar-refractivity contribution in [1.29, 1.82) is 0 Å². The highest BCUT2D eigenvalue weighted by Crippen LogP contribution is 2.37. The number of benzene rings is 1. The van der Waals surface area contributed by atoms with Crippen molar-refractivity contribution in [2.24, 2.45) is 0 Å². The number of carbonyl (C=O) groups is 1. The molecule has 0 bridgehead atoms. The lowest BCUT2D eigenvalue weighted by Gasteiger charge is -2.46. The Hall–Kier alpha value is -1.55. The second-order valence-corrected chi connectivity index (χ2v) is 6.63. The van der Waals surface area contributed by atoms with Gasteiger partial charge in [0.1, 0.15) is 6.10 Å². The smallest absolute Gasteiger partial charge is 0.408 e. The Balaban J connectivity index is 2.35. The van der Waals surface area contributed by atoms with E-state index in [2.05, 4.69) is 0 Å². The summed E-state index contributed by atoms with van der Waals surface area (Å²) in [5.41, 5.74) is 0.105. The molecule has 1 aromatic carbocycles. The van der Waals surface area contributed by atoms with Gasteiger partial charge in [-0.1, -0.05) is 30.3 Å². The van der Waals surface area contributed by atoms with Gasteiger partial charge in [-0.05, 0) is 39.7 Å². The molecule has 0 radical (unpaired) electrons. The topological polar surface area (TPSA) is 53.1 Å². The SMILES string of the molecule is CC(C)(C)N(C(=O)O)C(C)(Cc1ccccc1)[C@@H]1CO1. The van der Waals surface area contributed by atoms with Gasteiger partial charge in [-0.2, -0.15) is 0 Å². The molecule has 0 aliphatic carbocycles. The van der Waals surface area contributed by atoms with E-state index < -0.39 is 17.2 Å². The summed E-state index contributed by atoms with van der Waals surface area (Å²) in [6, 6.07) is 9.98. The van der Waals surface area contributed by atoms with Gasteiger partial charge in [0.25, 0.3) is 0 Å². The van der Waals surface area contributed by atoms with Gasteiger partial charge in [-0.25, -0.2) is 4.79 Å². The Labute approximate surface area is 120 Å². The lowest BCUT2D eigenvalue weighted by Crippen LogP contribution is -2.61. The maximum Gasteiger partial charge on any atom is 0.408 e. The van der Waals surface area contributed by atoms with Crippen LogP contribution in [0.25, 0.3) is 0 Å². The Morgan fingerprint density at radius 1 is 1.30 bits per heavy atom. The molecular formula is C16H23NO3. The summed E-state index contributed by atoms with van der Waals surface area (Å²) in [6.07, 6.45) is -0.272. The number of hydrogen-bond acceptors (Lipinski definition) is 2. The zero-order valence-corrected chi connectivity index (χ0v) is 12.6. The van der Waals surface area contributed by atoms with E-state index in [4.69, 9.17) is 4.74 Å². The van der Waals surface area contributed by atoms with Crippen LogP contribution in [0.2, 0.25) is 0 Å². The predicted octanol–water partition coefficient (Wildman–Crippen LogP) is 3.17. The van der Waals surface area contributed by atoms with E-state index in [0.29, 0.717) is 13.0 Å². The summed E-state index contributed by atoms with van der Waals surface area (Å²) in [5.74, 6) is 0. The molecule has 110 valence electrons. The van der Waals surface area contributed by atoms with Crippen LogP contribution >= 0.6 is 0 Å². The summed E-state index contributed by atoms with van der Waals surface area (Å²) < 4.78 is 5.47. The maximum atomic E-state index is 11.8. The van der Waals surface area contributed by atoms with Gasteiger partial charge in [0, 0.05) is 5.54 Å². The number of carboxylic acid groups (broad SMARTS) is 1. The fourth-order valence-electron chi connectivity index (χ4n) is 3.02. The van der Waals surface area contributed by atoms with Crippen LogP contribution in [0.15, 0.2) is 30.3 Å². The van der Waals surface area contributed by atoms with E-state index in [1.807, 2.05) is 58.0 Å². The van der Waals surface area contributed by atoms with Crippen LogP contribution in [0.1, 0.15) is 33.3 Å². The number of nitrogens with zero attached hydrogens (tertiary/aromatic N) is 1. The average molecular weight is 277 g/mol. The number of hydrogen-bond donors (Lipinski definition) is 1. The first kappa shape index (κ1) is 14.9. The van der Waals surface area contributed by atoms with Crippen LogP contribution in [0.5, 0.6) is 0 Å². The summed E-state index contributed by atoms with van der Waals surface area (Å²) in [5, 5.41) is 9.67. The molecule has 1 saturated heterocycles. The van der Waals surface area contributed by atoms with Crippen LogP contribution < -0.4 is 0 Å². The van der Waals surface area contributed by atoms with E-state index in [1.54, 1.807) is 4.90 Å². The molecule has 0 saturated carbocycles. The van der Waals surface area contributed by atoms with Gasteiger partial charge < -0.3 is 9.84 Å². The molecular weight excluding hydrogens is 254 g/mol. The van der Waals surface area contributed by atoms with E-state index >= 15 is 0 Å². The van der Waals surface area contributed by atoms with Crippen molar-refractivity contribution in [3.63, 3.8) is 0 Å². The molecule has 2 atom stereocenters. The Bertz CT molecular complexity index is 476. The van der Waals surface area contributed by atoms with Gasteiger partial charge in [0.05, 0.1) is 12.1 Å². The van der Waals surface area contributed by atoms with E-state index in [-0.39, 0.29) is 6.10 Å². The summed E-state index contributed by atoms with van der Waals surface area (Å²) in [6.45, 7) is 8.38. The van der Waals surface area contributed by atoms with Crippen molar-refractivity contribution in [2.45, 2.75) is 51.3 Å². The van der Waals surface area contributed by atoms with Crippen LogP contribution in [0.3, 0.4) is 0 Å². The van der Waals surface area contributed by atoms with Crippen molar-refractivity contribution in [1.82, 2.24) is 4.90 Å². The van der Waals surface area contributed by atoms with E-state index in [0.717, 1.165) is 5.56 Å². The van der Waals surface area contributed by atoms with Crippen LogP contribution in [0.4, 0.5) is 4.79 Å². The molecule has 1 amide bonds. The quantitative estimate of drug-likeness (QED) is 0.860. The molecule has 20 heavy (non-hydrogen) atoms. The van der Waals surface area contributed by atoms with Crippen molar-refractivity contribution in [3.8, 4) is 0 Å². The number of ether oxygens (including phenoxy) is 1. The van der Waals surface area contributed by atoms with Crippen molar-refractivity contribution in [3.05, 3.63) is 35.9 Å². The van der Waals surface area contributed by atoms with Crippen LogP contribution in [-0.2, 0) is 11.2 Å². The van der Waals surface area contributed by atoms with Crippen LogP contribution in [-0.4, -0.2) is 39.9 Å². The lowest BCUT2D eigenvalue weighted by molar-refractivity contribution is 0.00936. The number of amides is 1. The zero-order valence-electron chi connectivity index (χ0n) is 12.6. The summed E-state index contributed by atoms with van der Waals surface area (Å²) in [4.78, 5) is 13.3. The minimum atomic E-state index is -0.897. The predicted molar refractivity (Wildman–Crippen MR) is 77.9 cm³/mol. The maximum absolute atomic E-state index is 11.8. The molecule has 1 heterocycles. The van der Waals surface area contributed by atoms with Crippen molar-refractivity contribution < 1.29 is 14.6 Å². The zero-order chi connectivity index (χ0) is 15.0. The molecule has 4 heteroatoms. The molecule has 1 N–H and O–H groups in total.